The van der Waals surface area contributed by atoms with Gasteiger partial charge in [-0.25, -0.2) is 0 Å². The van der Waals surface area contributed by atoms with Gasteiger partial charge in [0, 0.05) is 12.2 Å². The molecule has 0 aliphatic rings. The molecule has 0 aliphatic heterocycles. The van der Waals surface area contributed by atoms with Crippen LogP contribution in [0.1, 0.15) is 18.9 Å². The number of anilines is 1. The predicted molar refractivity (Wildman–Crippen MR) is 70.5 cm³/mol. The second kappa shape index (κ2) is 6.09. The van der Waals surface area contributed by atoms with Crippen molar-refractivity contribution >= 4 is 11.7 Å². The van der Waals surface area contributed by atoms with Crippen molar-refractivity contribution in [3.05, 3.63) is 42.0 Å². The predicted octanol–water partition coefficient (Wildman–Crippen LogP) is 2.85. The Morgan fingerprint density at radius 2 is 1.94 bits per heavy atom. The topological polar surface area (TPSA) is 40.5 Å². The Morgan fingerprint density at radius 1 is 1.35 bits per heavy atom. The standard InChI is InChI=1S/C14H19NO2/c1-11(2)8-9-15(10-14(16)17)13-6-4-12(3)5-7-13/h4-7H,1,8-10H2,2-3H3,(H,16,17). The first-order valence-corrected chi connectivity index (χ1v) is 5.67. The van der Waals surface area contributed by atoms with Crippen molar-refractivity contribution < 1.29 is 9.90 Å². The quantitative estimate of drug-likeness (QED) is 0.768. The van der Waals surface area contributed by atoms with Gasteiger partial charge in [-0.2, -0.15) is 0 Å². The number of aliphatic carboxylic acids is 1. The number of aryl methyl sites for hydroxylation is 1. The maximum atomic E-state index is 10.8. The third-order valence-corrected chi connectivity index (χ3v) is 2.53. The number of benzene rings is 1. The zero-order valence-electron chi connectivity index (χ0n) is 10.4. The van der Waals surface area contributed by atoms with Gasteiger partial charge in [-0.3, -0.25) is 4.79 Å². The lowest BCUT2D eigenvalue weighted by Crippen LogP contribution is -2.30. The van der Waals surface area contributed by atoms with Crippen molar-refractivity contribution in [2.24, 2.45) is 0 Å². The second-order valence-corrected chi connectivity index (χ2v) is 4.36. The number of nitrogens with zero attached hydrogens (tertiary/aromatic N) is 1. The van der Waals surface area contributed by atoms with E-state index in [1.807, 2.05) is 43.0 Å². The zero-order valence-corrected chi connectivity index (χ0v) is 10.4. The van der Waals surface area contributed by atoms with Crippen LogP contribution in [0.5, 0.6) is 0 Å². The molecule has 1 N–H and O–H groups in total. The van der Waals surface area contributed by atoms with Crippen LogP contribution in [-0.4, -0.2) is 24.2 Å². The molecule has 1 rings (SSSR count). The fourth-order valence-electron chi connectivity index (χ4n) is 1.54. The largest absolute Gasteiger partial charge is 0.480 e. The van der Waals surface area contributed by atoms with Gasteiger partial charge in [0.1, 0.15) is 6.54 Å². The fourth-order valence-corrected chi connectivity index (χ4v) is 1.54. The van der Waals surface area contributed by atoms with E-state index in [-0.39, 0.29) is 6.54 Å². The van der Waals surface area contributed by atoms with Gasteiger partial charge in [-0.1, -0.05) is 23.3 Å². The average molecular weight is 233 g/mol. The number of carboxylic acid groups (broad SMARTS) is 1. The van der Waals surface area contributed by atoms with E-state index >= 15 is 0 Å². The Morgan fingerprint density at radius 3 is 2.41 bits per heavy atom. The molecule has 1 aromatic rings. The normalized spacial score (nSPS) is 10.0. The highest BCUT2D eigenvalue weighted by molar-refractivity contribution is 5.73. The first-order valence-electron chi connectivity index (χ1n) is 5.67. The summed E-state index contributed by atoms with van der Waals surface area (Å²) in [5.74, 6) is -0.813. The van der Waals surface area contributed by atoms with E-state index in [9.17, 15) is 4.79 Å². The molecule has 0 aromatic heterocycles. The second-order valence-electron chi connectivity index (χ2n) is 4.36. The lowest BCUT2D eigenvalue weighted by atomic mass is 10.2. The maximum absolute atomic E-state index is 10.8. The highest BCUT2D eigenvalue weighted by atomic mass is 16.4. The molecule has 0 aliphatic carbocycles. The summed E-state index contributed by atoms with van der Waals surface area (Å²) in [5.41, 5.74) is 3.18. The Hall–Kier alpha value is -1.77. The molecule has 0 unspecified atom stereocenters. The SMILES string of the molecule is C=C(C)CCN(CC(=O)O)c1ccc(C)cc1. The molecule has 0 heterocycles. The summed E-state index contributed by atoms with van der Waals surface area (Å²) in [7, 11) is 0. The molecular weight excluding hydrogens is 214 g/mol. The van der Waals surface area contributed by atoms with E-state index in [0.29, 0.717) is 6.54 Å². The molecule has 0 spiro atoms. The lowest BCUT2D eigenvalue weighted by molar-refractivity contribution is -0.135. The van der Waals surface area contributed by atoms with E-state index in [4.69, 9.17) is 5.11 Å². The molecule has 17 heavy (non-hydrogen) atoms. The van der Waals surface area contributed by atoms with Crippen LogP contribution in [0, 0.1) is 6.92 Å². The summed E-state index contributed by atoms with van der Waals surface area (Å²) in [6.07, 6.45) is 0.807. The van der Waals surface area contributed by atoms with Crippen molar-refractivity contribution in [3.8, 4) is 0 Å². The van der Waals surface area contributed by atoms with E-state index in [1.165, 1.54) is 5.56 Å². The number of hydrogen-bond donors (Lipinski definition) is 1. The van der Waals surface area contributed by atoms with Crippen LogP contribution in [0.15, 0.2) is 36.4 Å². The maximum Gasteiger partial charge on any atom is 0.323 e. The van der Waals surface area contributed by atoms with Crippen molar-refractivity contribution in [2.45, 2.75) is 20.3 Å². The first-order chi connectivity index (χ1) is 7.99. The molecule has 0 bridgehead atoms. The van der Waals surface area contributed by atoms with Crippen LogP contribution in [-0.2, 0) is 4.79 Å². The van der Waals surface area contributed by atoms with Crippen LogP contribution < -0.4 is 4.90 Å². The number of rotatable bonds is 6. The van der Waals surface area contributed by atoms with Gasteiger partial charge in [-0.05, 0) is 32.4 Å². The van der Waals surface area contributed by atoms with Gasteiger partial charge < -0.3 is 10.0 Å². The van der Waals surface area contributed by atoms with Gasteiger partial charge in [0.2, 0.25) is 0 Å². The van der Waals surface area contributed by atoms with Crippen LogP contribution in [0.3, 0.4) is 0 Å². The van der Waals surface area contributed by atoms with Gasteiger partial charge >= 0.3 is 5.97 Å². The van der Waals surface area contributed by atoms with E-state index in [2.05, 4.69) is 6.58 Å². The first kappa shape index (κ1) is 13.3. The number of carbonyl (C=O) groups is 1. The fraction of sp³-hybridized carbons (Fsp3) is 0.357. The third kappa shape index (κ3) is 4.72. The van der Waals surface area contributed by atoms with Crippen LogP contribution >= 0.6 is 0 Å². The van der Waals surface area contributed by atoms with Crippen molar-refractivity contribution in [1.29, 1.82) is 0 Å². The van der Waals surface area contributed by atoms with Crippen molar-refractivity contribution in [2.75, 3.05) is 18.0 Å². The molecule has 0 fully saturated rings. The third-order valence-electron chi connectivity index (χ3n) is 2.53. The number of hydrogen-bond acceptors (Lipinski definition) is 2. The Kier molecular flexibility index (Phi) is 4.76. The molecule has 0 saturated carbocycles. The molecule has 92 valence electrons. The highest BCUT2D eigenvalue weighted by Gasteiger charge is 2.10. The van der Waals surface area contributed by atoms with Gasteiger partial charge in [-0.15, -0.1) is 6.58 Å². The minimum atomic E-state index is -0.813. The zero-order chi connectivity index (χ0) is 12.8. The summed E-state index contributed by atoms with van der Waals surface area (Å²) >= 11 is 0. The van der Waals surface area contributed by atoms with Crippen LogP contribution in [0.2, 0.25) is 0 Å². The average Bonchev–Trinajstić information content (AvgIpc) is 2.25. The Labute approximate surface area is 102 Å². The van der Waals surface area contributed by atoms with Gasteiger partial charge in [0.05, 0.1) is 0 Å². The molecule has 0 atom stereocenters. The van der Waals surface area contributed by atoms with Crippen molar-refractivity contribution in [3.63, 3.8) is 0 Å². The number of carboxylic acids is 1. The molecule has 0 radical (unpaired) electrons. The summed E-state index contributed by atoms with van der Waals surface area (Å²) in [6, 6.07) is 7.89. The van der Waals surface area contributed by atoms with Gasteiger partial charge in [0.15, 0.2) is 0 Å². The summed E-state index contributed by atoms with van der Waals surface area (Å²) in [6.45, 7) is 8.51. The molecule has 0 amide bonds. The van der Waals surface area contributed by atoms with Gasteiger partial charge in [0.25, 0.3) is 0 Å². The molecule has 0 saturated heterocycles. The van der Waals surface area contributed by atoms with Crippen molar-refractivity contribution in [1.82, 2.24) is 0 Å². The summed E-state index contributed by atoms with van der Waals surface area (Å²) in [4.78, 5) is 12.7. The van der Waals surface area contributed by atoms with E-state index in [1.54, 1.807) is 0 Å². The van der Waals surface area contributed by atoms with E-state index in [0.717, 1.165) is 17.7 Å². The molecule has 3 heteroatoms. The smallest absolute Gasteiger partial charge is 0.323 e. The Bertz CT molecular complexity index is 395. The summed E-state index contributed by atoms with van der Waals surface area (Å²) in [5, 5.41) is 8.90. The van der Waals surface area contributed by atoms with E-state index < -0.39 is 5.97 Å². The molecule has 3 nitrogen and oxygen atoms in total. The van der Waals surface area contributed by atoms with Crippen LogP contribution in [0.4, 0.5) is 5.69 Å². The summed E-state index contributed by atoms with van der Waals surface area (Å²) < 4.78 is 0. The van der Waals surface area contributed by atoms with Crippen LogP contribution in [0.25, 0.3) is 0 Å². The monoisotopic (exact) mass is 233 g/mol. The molecular formula is C14H19NO2. The highest BCUT2D eigenvalue weighted by Crippen LogP contribution is 2.16. The lowest BCUT2D eigenvalue weighted by Gasteiger charge is -2.23. The minimum absolute atomic E-state index is 0.0241. The minimum Gasteiger partial charge on any atom is -0.480 e. The molecule has 1 aromatic carbocycles. The Balaban J connectivity index is 2.77.